The first-order chi connectivity index (χ1) is 7.27. The molecule has 0 rings (SSSR count). The van der Waals surface area contributed by atoms with Crippen LogP contribution in [0, 0.1) is 16.7 Å². The average Bonchev–Trinajstić information content (AvgIpc) is 2.13. The lowest BCUT2D eigenvalue weighted by Crippen LogP contribution is -2.50. The van der Waals surface area contributed by atoms with E-state index in [2.05, 4.69) is 16.2 Å². The molecule has 7 heteroatoms. The van der Waals surface area contributed by atoms with Gasteiger partial charge < -0.3 is 5.32 Å². The Kier molecular flexibility index (Phi) is 5.39. The molecule has 0 aromatic carbocycles. The first-order valence-corrected chi connectivity index (χ1v) is 4.95. The third-order valence-corrected chi connectivity index (χ3v) is 1.67. The number of hydrogen-bond acceptors (Lipinski definition) is 4. The zero-order valence-electron chi connectivity index (χ0n) is 9.38. The summed E-state index contributed by atoms with van der Waals surface area (Å²) in [6.07, 6.45) is -0.275. The van der Waals surface area contributed by atoms with Gasteiger partial charge in [-0.2, -0.15) is 5.26 Å². The molecule has 0 aromatic heterocycles. The van der Waals surface area contributed by atoms with Crippen LogP contribution in [-0.2, 0) is 9.59 Å². The second kappa shape index (κ2) is 6.02. The summed E-state index contributed by atoms with van der Waals surface area (Å²) in [5.74, 6) is -0.783. The first kappa shape index (κ1) is 14.3. The third-order valence-electron chi connectivity index (χ3n) is 1.46. The van der Waals surface area contributed by atoms with E-state index in [1.807, 2.05) is 0 Å². The van der Waals surface area contributed by atoms with E-state index >= 15 is 0 Å². The van der Waals surface area contributed by atoms with Crippen LogP contribution in [0.4, 0.5) is 0 Å². The molecular weight excluding hydrogens is 228 g/mol. The van der Waals surface area contributed by atoms with Crippen molar-refractivity contribution in [1.82, 2.24) is 16.2 Å². The molecule has 0 spiro atoms. The number of hydrazine groups is 1. The quantitative estimate of drug-likeness (QED) is 0.443. The number of nitriles is 1. The van der Waals surface area contributed by atoms with E-state index in [9.17, 15) is 9.59 Å². The van der Waals surface area contributed by atoms with Crippen LogP contribution >= 0.6 is 12.2 Å². The normalized spacial score (nSPS) is 9.88. The molecule has 0 aliphatic heterocycles. The Balaban J connectivity index is 3.98. The van der Waals surface area contributed by atoms with Crippen molar-refractivity contribution in [2.24, 2.45) is 5.41 Å². The van der Waals surface area contributed by atoms with Crippen molar-refractivity contribution in [3.05, 3.63) is 0 Å². The van der Waals surface area contributed by atoms with Gasteiger partial charge in [-0.15, -0.1) is 0 Å². The van der Waals surface area contributed by atoms with Gasteiger partial charge in [-0.25, -0.2) is 0 Å². The molecule has 0 aliphatic rings. The Bertz CT molecular complexity index is 340. The monoisotopic (exact) mass is 242 g/mol. The van der Waals surface area contributed by atoms with Crippen molar-refractivity contribution in [3.8, 4) is 6.07 Å². The third kappa shape index (κ3) is 5.93. The number of nitrogens with zero attached hydrogens (tertiary/aromatic N) is 1. The van der Waals surface area contributed by atoms with E-state index in [0.29, 0.717) is 0 Å². The summed E-state index contributed by atoms with van der Waals surface area (Å²) in [4.78, 5) is 22.3. The molecule has 0 bridgehead atoms. The van der Waals surface area contributed by atoms with Crippen molar-refractivity contribution in [2.45, 2.75) is 27.2 Å². The van der Waals surface area contributed by atoms with E-state index in [1.165, 1.54) is 0 Å². The summed E-state index contributed by atoms with van der Waals surface area (Å²) in [7, 11) is 0. The zero-order valence-corrected chi connectivity index (χ0v) is 10.2. The number of rotatable bonds is 1. The van der Waals surface area contributed by atoms with Crippen molar-refractivity contribution in [2.75, 3.05) is 0 Å². The minimum atomic E-state index is -0.567. The SMILES string of the molecule is CC(C)(C)C(=O)NC(=S)NNC(=O)CC#N. The summed E-state index contributed by atoms with van der Waals surface area (Å²) < 4.78 is 0. The summed E-state index contributed by atoms with van der Waals surface area (Å²) >= 11 is 4.76. The Morgan fingerprint density at radius 3 is 2.31 bits per heavy atom. The molecule has 0 radical (unpaired) electrons. The fraction of sp³-hybridized carbons (Fsp3) is 0.556. The van der Waals surface area contributed by atoms with Gasteiger partial charge in [0, 0.05) is 5.41 Å². The molecule has 0 saturated heterocycles. The minimum absolute atomic E-state index is 0.00813. The standard InChI is InChI=1S/C9H14N4O2S/c1-9(2,3)7(15)11-8(16)13-12-6(14)4-5-10/h4H2,1-3H3,(H,12,14)(H2,11,13,15,16). The van der Waals surface area contributed by atoms with Crippen LogP contribution in [0.25, 0.3) is 0 Å². The van der Waals surface area contributed by atoms with Crippen molar-refractivity contribution in [1.29, 1.82) is 5.26 Å². The van der Waals surface area contributed by atoms with Crippen LogP contribution in [-0.4, -0.2) is 16.9 Å². The lowest BCUT2D eigenvalue weighted by Gasteiger charge is -2.18. The molecule has 6 nitrogen and oxygen atoms in total. The average molecular weight is 242 g/mol. The largest absolute Gasteiger partial charge is 0.301 e. The zero-order chi connectivity index (χ0) is 12.8. The topological polar surface area (TPSA) is 94.0 Å². The van der Waals surface area contributed by atoms with Gasteiger partial charge in [-0.05, 0) is 12.2 Å². The maximum atomic E-state index is 11.4. The second-order valence-electron chi connectivity index (χ2n) is 4.04. The highest BCUT2D eigenvalue weighted by atomic mass is 32.1. The molecule has 0 fully saturated rings. The predicted molar refractivity (Wildman–Crippen MR) is 61.7 cm³/mol. The summed E-state index contributed by atoms with van der Waals surface area (Å²) in [5.41, 5.74) is 3.92. The molecule has 88 valence electrons. The summed E-state index contributed by atoms with van der Waals surface area (Å²) in [5, 5.41) is 10.6. The van der Waals surface area contributed by atoms with Crippen LogP contribution in [0.15, 0.2) is 0 Å². The van der Waals surface area contributed by atoms with Crippen LogP contribution in [0.5, 0.6) is 0 Å². The molecule has 0 atom stereocenters. The Labute approximate surface area is 99.4 Å². The molecule has 0 heterocycles. The molecule has 0 unspecified atom stereocenters. The molecule has 0 saturated carbocycles. The van der Waals surface area contributed by atoms with Crippen LogP contribution in [0.2, 0.25) is 0 Å². The minimum Gasteiger partial charge on any atom is -0.301 e. The van der Waals surface area contributed by atoms with Crippen LogP contribution in [0.1, 0.15) is 27.2 Å². The number of thiocarbonyl (C=S) groups is 1. The first-order valence-electron chi connectivity index (χ1n) is 4.54. The number of amides is 2. The number of nitrogens with one attached hydrogen (secondary N) is 3. The fourth-order valence-electron chi connectivity index (χ4n) is 0.564. The number of carbonyl (C=O) groups excluding carboxylic acids is 2. The molecular formula is C9H14N4O2S. The van der Waals surface area contributed by atoms with Crippen molar-refractivity contribution < 1.29 is 9.59 Å². The van der Waals surface area contributed by atoms with Crippen LogP contribution < -0.4 is 16.2 Å². The summed E-state index contributed by atoms with van der Waals surface area (Å²) in [6.45, 7) is 5.21. The lowest BCUT2D eigenvalue weighted by molar-refractivity contribution is -0.127. The van der Waals surface area contributed by atoms with E-state index in [-0.39, 0.29) is 17.4 Å². The van der Waals surface area contributed by atoms with Gasteiger partial charge in [0.05, 0.1) is 6.07 Å². The van der Waals surface area contributed by atoms with Gasteiger partial charge in [-0.3, -0.25) is 20.4 Å². The molecule has 2 amide bonds. The van der Waals surface area contributed by atoms with E-state index in [0.717, 1.165) is 0 Å². The van der Waals surface area contributed by atoms with Gasteiger partial charge in [-0.1, -0.05) is 20.8 Å². The Morgan fingerprint density at radius 2 is 1.88 bits per heavy atom. The number of carbonyl (C=O) groups is 2. The van der Waals surface area contributed by atoms with Crippen LogP contribution in [0.3, 0.4) is 0 Å². The van der Waals surface area contributed by atoms with E-state index in [1.54, 1.807) is 26.8 Å². The molecule has 16 heavy (non-hydrogen) atoms. The van der Waals surface area contributed by atoms with Gasteiger partial charge in [0.25, 0.3) is 5.91 Å². The summed E-state index contributed by atoms with van der Waals surface area (Å²) in [6, 6.07) is 1.67. The smallest absolute Gasteiger partial charge is 0.252 e. The van der Waals surface area contributed by atoms with Crippen molar-refractivity contribution >= 4 is 29.1 Å². The van der Waals surface area contributed by atoms with E-state index < -0.39 is 11.3 Å². The molecule has 0 aromatic rings. The fourth-order valence-corrected chi connectivity index (χ4v) is 0.708. The van der Waals surface area contributed by atoms with E-state index in [4.69, 9.17) is 17.5 Å². The number of hydrogen-bond donors (Lipinski definition) is 3. The highest BCUT2D eigenvalue weighted by Crippen LogP contribution is 2.11. The van der Waals surface area contributed by atoms with Gasteiger partial charge in [0.15, 0.2) is 5.11 Å². The van der Waals surface area contributed by atoms with Gasteiger partial charge in [0.2, 0.25) is 5.91 Å². The highest BCUT2D eigenvalue weighted by molar-refractivity contribution is 7.80. The molecule has 3 N–H and O–H groups in total. The van der Waals surface area contributed by atoms with Gasteiger partial charge in [0.1, 0.15) is 6.42 Å². The lowest BCUT2D eigenvalue weighted by atomic mass is 9.96. The Morgan fingerprint density at radius 1 is 1.31 bits per heavy atom. The molecule has 0 aliphatic carbocycles. The van der Waals surface area contributed by atoms with Gasteiger partial charge >= 0.3 is 0 Å². The van der Waals surface area contributed by atoms with Crippen molar-refractivity contribution in [3.63, 3.8) is 0 Å². The second-order valence-corrected chi connectivity index (χ2v) is 4.45. The maximum absolute atomic E-state index is 11.4. The Hall–Kier alpha value is -1.68. The predicted octanol–water partition coefficient (Wildman–Crippen LogP) is -0.0319. The maximum Gasteiger partial charge on any atom is 0.252 e. The highest BCUT2D eigenvalue weighted by Gasteiger charge is 2.21.